The molecule has 2 rings (SSSR count). The van der Waals surface area contributed by atoms with E-state index < -0.39 is 0 Å². The number of nitrogens with zero attached hydrogens (tertiary/aromatic N) is 2. The van der Waals surface area contributed by atoms with Crippen LogP contribution in [0.5, 0.6) is 0 Å². The number of hydrogen-bond donors (Lipinski definition) is 1. The van der Waals surface area contributed by atoms with Crippen LogP contribution in [-0.4, -0.2) is 35.6 Å². The second-order valence-corrected chi connectivity index (χ2v) is 5.66. The molecule has 1 saturated heterocycles. The Hall–Kier alpha value is -0.930. The molecule has 2 heterocycles. The van der Waals surface area contributed by atoms with Crippen molar-refractivity contribution >= 4 is 0 Å². The van der Waals surface area contributed by atoms with Gasteiger partial charge in [-0.25, -0.2) is 0 Å². The van der Waals surface area contributed by atoms with Gasteiger partial charge >= 0.3 is 0 Å². The third kappa shape index (κ3) is 3.53. The molecule has 1 N–H and O–H groups in total. The number of aryl methyl sites for hydroxylation is 1. The maximum Gasteiger partial charge on any atom is 0.0573 e. The molecule has 3 heteroatoms. The summed E-state index contributed by atoms with van der Waals surface area (Å²) in [6.45, 7) is 11.2. The predicted molar refractivity (Wildman–Crippen MR) is 75.5 cm³/mol. The molecule has 0 aliphatic carbocycles. The average molecular weight is 247 g/mol. The zero-order valence-corrected chi connectivity index (χ0v) is 11.8. The summed E-state index contributed by atoms with van der Waals surface area (Å²) >= 11 is 0. The lowest BCUT2D eigenvalue weighted by Crippen LogP contribution is -2.41. The fourth-order valence-corrected chi connectivity index (χ4v) is 2.51. The van der Waals surface area contributed by atoms with E-state index in [-0.39, 0.29) is 0 Å². The number of nitrogens with one attached hydrogen (secondary N) is 1. The monoisotopic (exact) mass is 247 g/mol. The highest BCUT2D eigenvalue weighted by atomic mass is 15.2. The van der Waals surface area contributed by atoms with E-state index in [1.165, 1.54) is 24.2 Å². The molecule has 0 amide bonds. The van der Waals surface area contributed by atoms with Crippen LogP contribution in [0.1, 0.15) is 31.5 Å². The number of rotatable bonds is 3. The van der Waals surface area contributed by atoms with Crippen LogP contribution in [0.15, 0.2) is 18.3 Å². The zero-order valence-electron chi connectivity index (χ0n) is 11.8. The van der Waals surface area contributed by atoms with Crippen LogP contribution in [0.4, 0.5) is 0 Å². The van der Waals surface area contributed by atoms with E-state index >= 15 is 0 Å². The first-order valence-electron chi connectivity index (χ1n) is 7.03. The van der Waals surface area contributed by atoms with Gasteiger partial charge in [0.1, 0.15) is 0 Å². The maximum absolute atomic E-state index is 4.51. The van der Waals surface area contributed by atoms with Gasteiger partial charge in [0.05, 0.1) is 5.69 Å². The summed E-state index contributed by atoms with van der Waals surface area (Å²) in [6.07, 6.45) is 3.13. The largest absolute Gasteiger partial charge is 0.312 e. The van der Waals surface area contributed by atoms with Crippen LogP contribution in [-0.2, 0) is 6.54 Å². The second kappa shape index (κ2) is 6.30. The van der Waals surface area contributed by atoms with Gasteiger partial charge in [0.2, 0.25) is 0 Å². The maximum atomic E-state index is 4.51. The molecular weight excluding hydrogens is 222 g/mol. The molecule has 0 aromatic carbocycles. The van der Waals surface area contributed by atoms with Crippen LogP contribution < -0.4 is 5.32 Å². The van der Waals surface area contributed by atoms with E-state index in [4.69, 9.17) is 0 Å². The quantitative estimate of drug-likeness (QED) is 0.887. The molecule has 1 aromatic rings. The first-order chi connectivity index (χ1) is 8.66. The first kappa shape index (κ1) is 13.5. The van der Waals surface area contributed by atoms with Crippen LogP contribution in [0.2, 0.25) is 0 Å². The van der Waals surface area contributed by atoms with E-state index in [9.17, 15) is 0 Å². The Labute approximate surface area is 111 Å². The van der Waals surface area contributed by atoms with Crippen molar-refractivity contribution in [3.8, 4) is 0 Å². The van der Waals surface area contributed by atoms with E-state index in [2.05, 4.69) is 42.0 Å². The zero-order chi connectivity index (χ0) is 13.0. The van der Waals surface area contributed by atoms with Gasteiger partial charge in [-0.15, -0.1) is 0 Å². The van der Waals surface area contributed by atoms with Gasteiger partial charge in [-0.3, -0.25) is 9.88 Å². The molecule has 0 radical (unpaired) electrons. The van der Waals surface area contributed by atoms with Crippen LogP contribution in [0, 0.1) is 12.8 Å². The Kier molecular flexibility index (Phi) is 4.72. The van der Waals surface area contributed by atoms with Gasteiger partial charge in [-0.2, -0.15) is 0 Å². The summed E-state index contributed by atoms with van der Waals surface area (Å²) in [5.41, 5.74) is 2.53. The van der Waals surface area contributed by atoms with Crippen molar-refractivity contribution < 1.29 is 0 Å². The van der Waals surface area contributed by atoms with Crippen molar-refractivity contribution in [2.45, 2.75) is 39.8 Å². The molecule has 18 heavy (non-hydrogen) atoms. The molecule has 1 aliphatic rings. The van der Waals surface area contributed by atoms with Crippen molar-refractivity contribution in [2.24, 2.45) is 5.92 Å². The second-order valence-electron chi connectivity index (χ2n) is 5.66. The molecule has 1 atom stereocenters. The Bertz CT molecular complexity index is 376. The van der Waals surface area contributed by atoms with Gasteiger partial charge in [0, 0.05) is 25.3 Å². The fourth-order valence-electron chi connectivity index (χ4n) is 2.51. The SMILES string of the molecule is Cc1cccnc1CN1CCCNC(C(C)C)C1. The summed E-state index contributed by atoms with van der Waals surface area (Å²) in [7, 11) is 0. The number of aromatic nitrogens is 1. The van der Waals surface area contributed by atoms with Crippen molar-refractivity contribution in [1.29, 1.82) is 0 Å². The van der Waals surface area contributed by atoms with Crippen molar-refractivity contribution in [3.63, 3.8) is 0 Å². The molecule has 0 saturated carbocycles. The lowest BCUT2D eigenvalue weighted by Gasteiger charge is -2.26. The predicted octanol–water partition coefficient (Wildman–Crippen LogP) is 2.21. The number of hydrogen-bond acceptors (Lipinski definition) is 3. The fraction of sp³-hybridized carbons (Fsp3) is 0.667. The minimum atomic E-state index is 0.608. The van der Waals surface area contributed by atoms with Gasteiger partial charge in [0.15, 0.2) is 0 Å². The van der Waals surface area contributed by atoms with E-state index in [0.29, 0.717) is 12.0 Å². The smallest absolute Gasteiger partial charge is 0.0573 e. The van der Waals surface area contributed by atoms with Crippen LogP contribution in [0.25, 0.3) is 0 Å². The van der Waals surface area contributed by atoms with E-state index in [0.717, 1.165) is 19.6 Å². The van der Waals surface area contributed by atoms with Gasteiger partial charge in [-0.1, -0.05) is 19.9 Å². The van der Waals surface area contributed by atoms with E-state index in [1.54, 1.807) is 0 Å². The molecule has 0 bridgehead atoms. The third-order valence-corrected chi connectivity index (χ3v) is 3.81. The highest BCUT2D eigenvalue weighted by molar-refractivity contribution is 5.17. The normalized spacial score (nSPS) is 22.1. The van der Waals surface area contributed by atoms with Gasteiger partial charge in [-0.05, 0) is 44.0 Å². The van der Waals surface area contributed by atoms with E-state index in [1.807, 2.05) is 12.3 Å². The number of pyridine rings is 1. The average Bonchev–Trinajstić information content (AvgIpc) is 2.58. The Balaban J connectivity index is 2.01. The minimum Gasteiger partial charge on any atom is -0.312 e. The molecule has 0 spiro atoms. The summed E-state index contributed by atoms with van der Waals surface area (Å²) in [4.78, 5) is 7.05. The van der Waals surface area contributed by atoms with Crippen LogP contribution in [0.3, 0.4) is 0 Å². The minimum absolute atomic E-state index is 0.608. The Morgan fingerprint density at radius 1 is 1.50 bits per heavy atom. The molecule has 1 aromatic heterocycles. The topological polar surface area (TPSA) is 28.2 Å². The lowest BCUT2D eigenvalue weighted by molar-refractivity contribution is 0.236. The lowest BCUT2D eigenvalue weighted by atomic mass is 10.0. The summed E-state index contributed by atoms with van der Waals surface area (Å²) in [6, 6.07) is 4.77. The summed E-state index contributed by atoms with van der Waals surface area (Å²) in [5, 5.41) is 3.65. The van der Waals surface area contributed by atoms with Crippen LogP contribution >= 0.6 is 0 Å². The molecule has 1 fully saturated rings. The van der Waals surface area contributed by atoms with Crippen molar-refractivity contribution in [1.82, 2.24) is 15.2 Å². The Morgan fingerprint density at radius 2 is 2.33 bits per heavy atom. The molecular formula is C15H25N3. The highest BCUT2D eigenvalue weighted by Gasteiger charge is 2.20. The summed E-state index contributed by atoms with van der Waals surface area (Å²) < 4.78 is 0. The Morgan fingerprint density at radius 3 is 3.06 bits per heavy atom. The summed E-state index contributed by atoms with van der Waals surface area (Å²) in [5.74, 6) is 0.690. The molecule has 3 nitrogen and oxygen atoms in total. The van der Waals surface area contributed by atoms with Gasteiger partial charge in [0.25, 0.3) is 0 Å². The molecule has 1 unspecified atom stereocenters. The highest BCUT2D eigenvalue weighted by Crippen LogP contribution is 2.13. The third-order valence-electron chi connectivity index (χ3n) is 3.81. The van der Waals surface area contributed by atoms with Gasteiger partial charge < -0.3 is 5.32 Å². The molecule has 100 valence electrons. The first-order valence-corrected chi connectivity index (χ1v) is 7.03. The standard InChI is InChI=1S/C15H25N3/c1-12(2)14-10-18(9-5-8-16-14)11-15-13(3)6-4-7-17-15/h4,6-7,12,14,16H,5,8-11H2,1-3H3. The van der Waals surface area contributed by atoms with Crippen molar-refractivity contribution in [3.05, 3.63) is 29.6 Å². The van der Waals surface area contributed by atoms with Crippen molar-refractivity contribution in [2.75, 3.05) is 19.6 Å². The molecule has 1 aliphatic heterocycles.